The SMILES string of the molecule is CC1CCN(C(=O)OC(C)(C)C)CC1C(=O)O. The van der Waals surface area contributed by atoms with Gasteiger partial charge in [-0.2, -0.15) is 0 Å². The zero-order chi connectivity index (χ0) is 13.2. The third-order valence-electron chi connectivity index (χ3n) is 2.93. The third-order valence-corrected chi connectivity index (χ3v) is 2.93. The predicted octanol–water partition coefficient (Wildman–Crippen LogP) is 1.96. The lowest BCUT2D eigenvalue weighted by Gasteiger charge is -2.35. The van der Waals surface area contributed by atoms with Crippen molar-refractivity contribution in [2.75, 3.05) is 13.1 Å². The average molecular weight is 243 g/mol. The number of hydrogen-bond donors (Lipinski definition) is 1. The van der Waals surface area contributed by atoms with E-state index in [1.165, 1.54) is 4.90 Å². The monoisotopic (exact) mass is 243 g/mol. The van der Waals surface area contributed by atoms with Crippen molar-refractivity contribution in [2.24, 2.45) is 11.8 Å². The maximum Gasteiger partial charge on any atom is 0.410 e. The van der Waals surface area contributed by atoms with Crippen molar-refractivity contribution < 1.29 is 19.4 Å². The van der Waals surface area contributed by atoms with Gasteiger partial charge in [0, 0.05) is 13.1 Å². The molecule has 0 bridgehead atoms. The van der Waals surface area contributed by atoms with Crippen LogP contribution in [0.3, 0.4) is 0 Å². The van der Waals surface area contributed by atoms with Crippen LogP contribution in [-0.4, -0.2) is 40.8 Å². The molecule has 17 heavy (non-hydrogen) atoms. The lowest BCUT2D eigenvalue weighted by Crippen LogP contribution is -2.47. The van der Waals surface area contributed by atoms with Crippen LogP contribution in [0.1, 0.15) is 34.1 Å². The number of aliphatic carboxylic acids is 1. The minimum absolute atomic E-state index is 0.103. The minimum atomic E-state index is -0.842. The number of carboxylic acid groups (broad SMARTS) is 1. The first-order valence-corrected chi connectivity index (χ1v) is 5.91. The summed E-state index contributed by atoms with van der Waals surface area (Å²) in [6.45, 7) is 8.11. The van der Waals surface area contributed by atoms with E-state index < -0.39 is 23.6 Å². The molecule has 1 N–H and O–H groups in total. The van der Waals surface area contributed by atoms with E-state index in [4.69, 9.17) is 9.84 Å². The first-order chi connectivity index (χ1) is 7.70. The number of amides is 1. The van der Waals surface area contributed by atoms with Gasteiger partial charge in [-0.3, -0.25) is 4.79 Å². The fraction of sp³-hybridized carbons (Fsp3) is 0.833. The molecule has 1 aliphatic heterocycles. The Hall–Kier alpha value is -1.26. The zero-order valence-electron chi connectivity index (χ0n) is 10.9. The van der Waals surface area contributed by atoms with E-state index in [-0.39, 0.29) is 12.5 Å². The predicted molar refractivity (Wildman–Crippen MR) is 62.7 cm³/mol. The van der Waals surface area contributed by atoms with E-state index in [0.29, 0.717) is 13.0 Å². The maximum absolute atomic E-state index is 11.8. The van der Waals surface area contributed by atoms with Crippen LogP contribution >= 0.6 is 0 Å². The van der Waals surface area contributed by atoms with Crippen LogP contribution in [0.4, 0.5) is 4.79 Å². The largest absolute Gasteiger partial charge is 0.481 e. The van der Waals surface area contributed by atoms with Crippen LogP contribution in [0.2, 0.25) is 0 Å². The number of carbonyl (C=O) groups is 2. The van der Waals surface area contributed by atoms with Crippen molar-refractivity contribution in [2.45, 2.75) is 39.7 Å². The number of piperidine rings is 1. The second kappa shape index (κ2) is 4.94. The molecule has 1 saturated heterocycles. The van der Waals surface area contributed by atoms with Gasteiger partial charge in [0.15, 0.2) is 0 Å². The Bertz CT molecular complexity index is 308. The van der Waals surface area contributed by atoms with Crippen molar-refractivity contribution in [3.05, 3.63) is 0 Å². The highest BCUT2D eigenvalue weighted by atomic mass is 16.6. The summed E-state index contributed by atoms with van der Waals surface area (Å²) in [5.41, 5.74) is -0.543. The lowest BCUT2D eigenvalue weighted by atomic mass is 9.87. The fourth-order valence-electron chi connectivity index (χ4n) is 1.88. The molecule has 5 heteroatoms. The van der Waals surface area contributed by atoms with Gasteiger partial charge in [0.05, 0.1) is 5.92 Å². The standard InChI is InChI=1S/C12H21NO4/c1-8-5-6-13(7-9(8)10(14)15)11(16)17-12(2,3)4/h8-9H,5-7H2,1-4H3,(H,14,15). The van der Waals surface area contributed by atoms with Crippen molar-refractivity contribution in [1.82, 2.24) is 4.90 Å². The molecule has 0 aliphatic carbocycles. The Morgan fingerprint density at radius 3 is 2.41 bits per heavy atom. The Kier molecular flexibility index (Phi) is 4.01. The smallest absolute Gasteiger partial charge is 0.410 e. The van der Waals surface area contributed by atoms with E-state index in [9.17, 15) is 9.59 Å². The number of ether oxygens (including phenoxy) is 1. The molecule has 0 spiro atoms. The molecule has 1 fully saturated rings. The molecule has 5 nitrogen and oxygen atoms in total. The lowest BCUT2D eigenvalue weighted by molar-refractivity contribution is -0.145. The molecule has 0 aromatic rings. The summed E-state index contributed by atoms with van der Waals surface area (Å²) in [6, 6.07) is 0. The summed E-state index contributed by atoms with van der Waals surface area (Å²) >= 11 is 0. The van der Waals surface area contributed by atoms with Gasteiger partial charge in [-0.25, -0.2) is 4.79 Å². The highest BCUT2D eigenvalue weighted by molar-refractivity contribution is 5.73. The first-order valence-electron chi connectivity index (χ1n) is 5.91. The van der Waals surface area contributed by atoms with Gasteiger partial charge in [0.2, 0.25) is 0 Å². The van der Waals surface area contributed by atoms with E-state index >= 15 is 0 Å². The van der Waals surface area contributed by atoms with Gasteiger partial charge in [-0.05, 0) is 33.1 Å². The molecule has 1 amide bonds. The summed E-state index contributed by atoms with van der Waals surface area (Å²) in [6.07, 6.45) is 0.284. The summed E-state index contributed by atoms with van der Waals surface area (Å²) in [7, 11) is 0. The van der Waals surface area contributed by atoms with E-state index in [2.05, 4.69) is 0 Å². The third kappa shape index (κ3) is 3.91. The van der Waals surface area contributed by atoms with Crippen molar-refractivity contribution in [1.29, 1.82) is 0 Å². The Balaban J connectivity index is 2.62. The molecule has 1 heterocycles. The summed E-state index contributed by atoms with van der Waals surface area (Å²) < 4.78 is 5.23. The molecule has 0 aromatic heterocycles. The topological polar surface area (TPSA) is 66.8 Å². The average Bonchev–Trinajstić information content (AvgIpc) is 2.14. The number of nitrogens with zero attached hydrogens (tertiary/aromatic N) is 1. The molecule has 0 saturated carbocycles. The number of hydrogen-bond acceptors (Lipinski definition) is 3. The fourth-order valence-corrected chi connectivity index (χ4v) is 1.88. The van der Waals surface area contributed by atoms with E-state index in [0.717, 1.165) is 0 Å². The van der Waals surface area contributed by atoms with E-state index in [1.807, 2.05) is 6.92 Å². The highest BCUT2D eigenvalue weighted by Crippen LogP contribution is 2.24. The Morgan fingerprint density at radius 1 is 1.35 bits per heavy atom. The van der Waals surface area contributed by atoms with Crippen LogP contribution in [0.25, 0.3) is 0 Å². The van der Waals surface area contributed by atoms with Gasteiger partial charge in [0.1, 0.15) is 5.60 Å². The molecule has 2 unspecified atom stereocenters. The van der Waals surface area contributed by atoms with Crippen LogP contribution < -0.4 is 0 Å². The number of carbonyl (C=O) groups excluding carboxylic acids is 1. The minimum Gasteiger partial charge on any atom is -0.481 e. The quantitative estimate of drug-likeness (QED) is 0.764. The van der Waals surface area contributed by atoms with Gasteiger partial charge in [0.25, 0.3) is 0 Å². The van der Waals surface area contributed by atoms with Gasteiger partial charge < -0.3 is 14.7 Å². The maximum atomic E-state index is 11.8. The molecule has 1 rings (SSSR count). The van der Waals surface area contributed by atoms with Gasteiger partial charge in [-0.1, -0.05) is 6.92 Å². The Labute approximate surface area is 102 Å². The van der Waals surface area contributed by atoms with Crippen LogP contribution in [0.15, 0.2) is 0 Å². The van der Waals surface area contributed by atoms with Crippen LogP contribution in [0.5, 0.6) is 0 Å². The van der Waals surface area contributed by atoms with Crippen molar-refractivity contribution in [3.63, 3.8) is 0 Å². The van der Waals surface area contributed by atoms with Crippen LogP contribution in [0, 0.1) is 11.8 Å². The number of rotatable bonds is 1. The second-order valence-electron chi connectivity index (χ2n) is 5.64. The molecule has 0 radical (unpaired) electrons. The van der Waals surface area contributed by atoms with Gasteiger partial charge in [-0.15, -0.1) is 0 Å². The summed E-state index contributed by atoms with van der Waals surface area (Å²) in [5.74, 6) is -1.23. The van der Waals surface area contributed by atoms with Crippen LogP contribution in [-0.2, 0) is 9.53 Å². The summed E-state index contributed by atoms with van der Waals surface area (Å²) in [5, 5.41) is 9.06. The summed E-state index contributed by atoms with van der Waals surface area (Å²) in [4.78, 5) is 24.3. The molecule has 0 aromatic carbocycles. The van der Waals surface area contributed by atoms with Crippen molar-refractivity contribution in [3.8, 4) is 0 Å². The normalized spacial score (nSPS) is 25.5. The highest BCUT2D eigenvalue weighted by Gasteiger charge is 2.35. The van der Waals surface area contributed by atoms with Crippen molar-refractivity contribution >= 4 is 12.1 Å². The Morgan fingerprint density at radius 2 is 1.94 bits per heavy atom. The first kappa shape index (κ1) is 13.8. The zero-order valence-corrected chi connectivity index (χ0v) is 10.9. The number of likely N-dealkylation sites (tertiary alicyclic amines) is 1. The molecule has 98 valence electrons. The number of carboxylic acids is 1. The molecule has 2 atom stereocenters. The van der Waals surface area contributed by atoms with E-state index in [1.54, 1.807) is 20.8 Å². The van der Waals surface area contributed by atoms with Gasteiger partial charge >= 0.3 is 12.1 Å². The molecular weight excluding hydrogens is 222 g/mol. The molecule has 1 aliphatic rings. The molecular formula is C12H21NO4. The second-order valence-corrected chi connectivity index (χ2v) is 5.64.